The van der Waals surface area contributed by atoms with E-state index >= 15 is 0 Å². The van der Waals surface area contributed by atoms with E-state index in [2.05, 4.69) is 12.2 Å². The fourth-order valence-electron chi connectivity index (χ4n) is 2.89. The summed E-state index contributed by atoms with van der Waals surface area (Å²) < 4.78 is 18.0. The van der Waals surface area contributed by atoms with E-state index in [1.807, 2.05) is 0 Å². The standard InChI is InChI=1S/C18H24FNO3/c1-12-5-3-4-6-16(12)20-18(22)13(2)23-17(21)11-14-7-9-15(19)10-8-14/h7-10,12-13,16H,3-6,11H2,1-2H3,(H,20,22)/t12-,13-,16+/m0/s1. The van der Waals surface area contributed by atoms with Gasteiger partial charge in [-0.05, 0) is 43.4 Å². The zero-order chi connectivity index (χ0) is 16.8. The van der Waals surface area contributed by atoms with Crippen LogP contribution in [-0.2, 0) is 20.7 Å². The summed E-state index contributed by atoms with van der Waals surface area (Å²) in [5.74, 6) is -0.640. The predicted octanol–water partition coefficient (Wildman–Crippen LogP) is 2.99. The molecule has 2 rings (SSSR count). The lowest BCUT2D eigenvalue weighted by Crippen LogP contribution is -2.46. The van der Waals surface area contributed by atoms with Gasteiger partial charge in [-0.1, -0.05) is 31.9 Å². The van der Waals surface area contributed by atoms with E-state index in [1.54, 1.807) is 6.92 Å². The van der Waals surface area contributed by atoms with Gasteiger partial charge >= 0.3 is 5.97 Å². The lowest BCUT2D eigenvalue weighted by Gasteiger charge is -2.30. The van der Waals surface area contributed by atoms with Gasteiger partial charge in [0.25, 0.3) is 5.91 Å². The molecule has 1 aromatic rings. The van der Waals surface area contributed by atoms with Crippen molar-refractivity contribution < 1.29 is 18.7 Å². The van der Waals surface area contributed by atoms with Crippen LogP contribution in [0.25, 0.3) is 0 Å². The Morgan fingerprint density at radius 1 is 1.26 bits per heavy atom. The van der Waals surface area contributed by atoms with Crippen LogP contribution in [0.4, 0.5) is 4.39 Å². The van der Waals surface area contributed by atoms with Crippen LogP contribution < -0.4 is 5.32 Å². The number of nitrogens with one attached hydrogen (secondary N) is 1. The van der Waals surface area contributed by atoms with Crippen LogP contribution in [0.15, 0.2) is 24.3 Å². The molecule has 4 nitrogen and oxygen atoms in total. The molecule has 126 valence electrons. The Kier molecular flexibility index (Phi) is 6.13. The quantitative estimate of drug-likeness (QED) is 0.848. The SMILES string of the molecule is C[C@H](OC(=O)Cc1ccc(F)cc1)C(=O)N[C@@H]1CCCC[C@@H]1C. The number of hydrogen-bond donors (Lipinski definition) is 1. The Morgan fingerprint density at radius 3 is 2.57 bits per heavy atom. The minimum absolute atomic E-state index is 0.0255. The Morgan fingerprint density at radius 2 is 1.91 bits per heavy atom. The molecule has 0 saturated heterocycles. The van der Waals surface area contributed by atoms with Gasteiger partial charge < -0.3 is 10.1 Å². The molecule has 1 N–H and O–H groups in total. The van der Waals surface area contributed by atoms with Gasteiger partial charge in [0.15, 0.2) is 6.10 Å². The summed E-state index contributed by atoms with van der Waals surface area (Å²) in [7, 11) is 0. The highest BCUT2D eigenvalue weighted by Gasteiger charge is 2.26. The van der Waals surface area contributed by atoms with E-state index in [4.69, 9.17) is 4.74 Å². The maximum absolute atomic E-state index is 12.8. The second kappa shape index (κ2) is 8.09. The number of carbonyl (C=O) groups excluding carboxylic acids is 2. The topological polar surface area (TPSA) is 55.4 Å². The Labute approximate surface area is 136 Å². The van der Waals surface area contributed by atoms with Gasteiger partial charge in [0.1, 0.15) is 5.82 Å². The lowest BCUT2D eigenvalue weighted by molar-refractivity contribution is -0.154. The molecule has 1 aliphatic carbocycles. The van der Waals surface area contributed by atoms with Crippen LogP contribution in [0.5, 0.6) is 0 Å². The molecule has 0 bridgehead atoms. The summed E-state index contributed by atoms with van der Waals surface area (Å²) in [5.41, 5.74) is 0.657. The molecule has 0 heterocycles. The first kappa shape index (κ1) is 17.4. The van der Waals surface area contributed by atoms with Crippen molar-refractivity contribution in [1.82, 2.24) is 5.32 Å². The number of amides is 1. The van der Waals surface area contributed by atoms with Crippen molar-refractivity contribution in [1.29, 1.82) is 0 Å². The molecular formula is C18H24FNO3. The molecule has 0 aromatic heterocycles. The molecule has 1 aliphatic rings. The molecule has 1 aromatic carbocycles. The van der Waals surface area contributed by atoms with E-state index in [-0.39, 0.29) is 24.2 Å². The third kappa shape index (κ3) is 5.34. The third-order valence-electron chi connectivity index (χ3n) is 4.38. The van der Waals surface area contributed by atoms with Crippen molar-refractivity contribution in [3.05, 3.63) is 35.6 Å². The molecule has 1 saturated carbocycles. The molecule has 1 fully saturated rings. The van der Waals surface area contributed by atoms with E-state index in [0.29, 0.717) is 11.5 Å². The molecule has 1 amide bonds. The lowest BCUT2D eigenvalue weighted by atomic mass is 9.86. The molecule has 0 spiro atoms. The molecule has 23 heavy (non-hydrogen) atoms. The van der Waals surface area contributed by atoms with Gasteiger partial charge in [-0.2, -0.15) is 0 Å². The zero-order valence-corrected chi connectivity index (χ0v) is 13.7. The number of benzene rings is 1. The molecule has 0 radical (unpaired) electrons. The van der Waals surface area contributed by atoms with Crippen LogP contribution in [0.3, 0.4) is 0 Å². The van der Waals surface area contributed by atoms with Gasteiger partial charge in [-0.25, -0.2) is 4.39 Å². The first-order chi connectivity index (χ1) is 11.0. The largest absolute Gasteiger partial charge is 0.452 e. The number of esters is 1. The summed E-state index contributed by atoms with van der Waals surface area (Å²) in [4.78, 5) is 24.0. The van der Waals surface area contributed by atoms with Gasteiger partial charge in [-0.15, -0.1) is 0 Å². The van der Waals surface area contributed by atoms with E-state index in [1.165, 1.54) is 30.7 Å². The maximum atomic E-state index is 12.8. The number of halogens is 1. The summed E-state index contributed by atoms with van der Waals surface area (Å²) in [5, 5.41) is 2.98. The van der Waals surface area contributed by atoms with Crippen molar-refractivity contribution in [3.63, 3.8) is 0 Å². The van der Waals surface area contributed by atoms with Crippen LogP contribution >= 0.6 is 0 Å². The monoisotopic (exact) mass is 321 g/mol. The Bertz CT molecular complexity index is 544. The number of rotatable bonds is 5. The van der Waals surface area contributed by atoms with Crippen LogP contribution in [0.1, 0.15) is 45.1 Å². The highest BCUT2D eigenvalue weighted by Crippen LogP contribution is 2.23. The van der Waals surface area contributed by atoms with Crippen molar-refractivity contribution in [2.75, 3.05) is 0 Å². The average molecular weight is 321 g/mol. The Hall–Kier alpha value is -1.91. The highest BCUT2D eigenvalue weighted by atomic mass is 19.1. The van der Waals surface area contributed by atoms with Crippen molar-refractivity contribution >= 4 is 11.9 Å². The van der Waals surface area contributed by atoms with E-state index in [0.717, 1.165) is 19.3 Å². The fraction of sp³-hybridized carbons (Fsp3) is 0.556. The van der Waals surface area contributed by atoms with Crippen molar-refractivity contribution in [2.24, 2.45) is 5.92 Å². The molecular weight excluding hydrogens is 297 g/mol. The van der Waals surface area contributed by atoms with E-state index in [9.17, 15) is 14.0 Å². The second-order valence-corrected chi connectivity index (χ2v) is 6.31. The highest BCUT2D eigenvalue weighted by molar-refractivity contribution is 5.84. The Balaban J connectivity index is 1.80. The molecule has 0 unspecified atom stereocenters. The zero-order valence-electron chi connectivity index (χ0n) is 13.7. The van der Waals surface area contributed by atoms with Crippen molar-refractivity contribution in [3.8, 4) is 0 Å². The molecule has 5 heteroatoms. The fourth-order valence-corrected chi connectivity index (χ4v) is 2.89. The summed E-state index contributed by atoms with van der Waals surface area (Å²) in [6, 6.07) is 5.82. The maximum Gasteiger partial charge on any atom is 0.311 e. The summed E-state index contributed by atoms with van der Waals surface area (Å²) in [6.07, 6.45) is 3.62. The van der Waals surface area contributed by atoms with Crippen LogP contribution in [-0.4, -0.2) is 24.0 Å². The van der Waals surface area contributed by atoms with Crippen molar-refractivity contribution in [2.45, 2.75) is 58.1 Å². The van der Waals surface area contributed by atoms with Crippen LogP contribution in [0.2, 0.25) is 0 Å². The first-order valence-electron chi connectivity index (χ1n) is 8.20. The summed E-state index contributed by atoms with van der Waals surface area (Å²) >= 11 is 0. The van der Waals surface area contributed by atoms with Crippen LogP contribution in [0, 0.1) is 11.7 Å². The first-order valence-corrected chi connectivity index (χ1v) is 8.20. The average Bonchev–Trinajstić information content (AvgIpc) is 2.51. The van der Waals surface area contributed by atoms with Gasteiger partial charge in [0.05, 0.1) is 6.42 Å². The number of carbonyl (C=O) groups is 2. The van der Waals surface area contributed by atoms with Gasteiger partial charge in [-0.3, -0.25) is 9.59 Å². The van der Waals surface area contributed by atoms with Gasteiger partial charge in [0, 0.05) is 6.04 Å². The number of hydrogen-bond acceptors (Lipinski definition) is 3. The number of ether oxygens (including phenoxy) is 1. The third-order valence-corrected chi connectivity index (χ3v) is 4.38. The molecule has 0 aliphatic heterocycles. The van der Waals surface area contributed by atoms with E-state index < -0.39 is 12.1 Å². The van der Waals surface area contributed by atoms with Gasteiger partial charge in [0.2, 0.25) is 0 Å². The minimum atomic E-state index is -0.822. The minimum Gasteiger partial charge on any atom is -0.452 e. The normalized spacial score (nSPS) is 22.2. The summed E-state index contributed by atoms with van der Waals surface area (Å²) in [6.45, 7) is 3.71. The molecule has 3 atom stereocenters. The second-order valence-electron chi connectivity index (χ2n) is 6.31. The predicted molar refractivity (Wildman–Crippen MR) is 85.2 cm³/mol. The smallest absolute Gasteiger partial charge is 0.311 e.